The molecule has 1 unspecified atom stereocenters. The Labute approximate surface area is 142 Å². The molecule has 2 nitrogen and oxygen atoms in total. The SMILES string of the molecule is Cl.c1ccc2c(c1)Sc1ccccc1N2CCC1CCCN1. The summed E-state index contributed by atoms with van der Waals surface area (Å²) in [5, 5.41) is 3.61. The largest absolute Gasteiger partial charge is 0.340 e. The van der Waals surface area contributed by atoms with E-state index >= 15 is 0 Å². The highest BCUT2D eigenvalue weighted by Crippen LogP contribution is 2.47. The third kappa shape index (κ3) is 2.98. The third-order valence-corrected chi connectivity index (χ3v) is 5.53. The van der Waals surface area contributed by atoms with Gasteiger partial charge in [0.15, 0.2) is 0 Å². The molecule has 0 aromatic heterocycles. The molecule has 1 fully saturated rings. The first-order valence-electron chi connectivity index (χ1n) is 7.79. The van der Waals surface area contributed by atoms with E-state index in [1.54, 1.807) is 0 Å². The molecule has 0 radical (unpaired) electrons. The van der Waals surface area contributed by atoms with Crippen LogP contribution in [0.4, 0.5) is 11.4 Å². The molecule has 2 heterocycles. The maximum absolute atomic E-state index is 3.61. The second kappa shape index (κ2) is 6.95. The fourth-order valence-corrected chi connectivity index (χ4v) is 4.41. The summed E-state index contributed by atoms with van der Waals surface area (Å²) in [7, 11) is 0. The highest BCUT2D eigenvalue weighted by atomic mass is 35.5. The smallest absolute Gasteiger partial charge is 0.0552 e. The predicted octanol–water partition coefficient (Wildman–Crippen LogP) is 4.85. The van der Waals surface area contributed by atoms with Gasteiger partial charge in [-0.2, -0.15) is 0 Å². The summed E-state index contributed by atoms with van der Waals surface area (Å²) in [5.41, 5.74) is 2.72. The van der Waals surface area contributed by atoms with Crippen molar-refractivity contribution >= 4 is 35.5 Å². The van der Waals surface area contributed by atoms with Crippen LogP contribution in [0.1, 0.15) is 19.3 Å². The minimum Gasteiger partial charge on any atom is -0.340 e. The Morgan fingerprint density at radius 2 is 1.64 bits per heavy atom. The number of para-hydroxylation sites is 2. The van der Waals surface area contributed by atoms with Crippen molar-refractivity contribution in [3.8, 4) is 0 Å². The van der Waals surface area contributed by atoms with Crippen LogP contribution < -0.4 is 10.2 Å². The average molecular weight is 333 g/mol. The molecule has 1 saturated heterocycles. The fraction of sp³-hybridized carbons (Fsp3) is 0.333. The van der Waals surface area contributed by atoms with E-state index in [-0.39, 0.29) is 12.4 Å². The summed E-state index contributed by atoms with van der Waals surface area (Å²) in [6.45, 7) is 2.28. The molecule has 0 bridgehead atoms. The normalized spacial score (nSPS) is 19.3. The Balaban J connectivity index is 0.00000144. The minimum atomic E-state index is 0. The van der Waals surface area contributed by atoms with Crippen LogP contribution in [0, 0.1) is 0 Å². The quantitative estimate of drug-likeness (QED) is 0.864. The second-order valence-electron chi connectivity index (χ2n) is 5.77. The summed E-state index contributed by atoms with van der Waals surface area (Å²) in [4.78, 5) is 5.24. The standard InChI is InChI=1S/C18H20N2S.ClH/c1-3-9-17-15(7-1)20(13-11-14-6-5-12-19-14)16-8-2-4-10-18(16)21-17;/h1-4,7-10,14,19H,5-6,11-13H2;1H. The lowest BCUT2D eigenvalue weighted by Gasteiger charge is -2.33. The highest BCUT2D eigenvalue weighted by Gasteiger charge is 2.24. The van der Waals surface area contributed by atoms with Crippen molar-refractivity contribution < 1.29 is 0 Å². The van der Waals surface area contributed by atoms with Gasteiger partial charge in [-0.05, 0) is 50.1 Å². The fourth-order valence-electron chi connectivity index (χ4n) is 3.31. The summed E-state index contributed by atoms with van der Waals surface area (Å²) >= 11 is 1.89. The number of hydrogen-bond acceptors (Lipinski definition) is 3. The molecule has 4 heteroatoms. The molecule has 22 heavy (non-hydrogen) atoms. The number of halogens is 1. The molecule has 116 valence electrons. The molecule has 0 spiro atoms. The zero-order valence-electron chi connectivity index (χ0n) is 12.5. The van der Waals surface area contributed by atoms with Crippen molar-refractivity contribution in [3.63, 3.8) is 0 Å². The van der Waals surface area contributed by atoms with Gasteiger partial charge in [-0.25, -0.2) is 0 Å². The Hall–Kier alpha value is -1.16. The van der Waals surface area contributed by atoms with Crippen molar-refractivity contribution in [2.24, 2.45) is 0 Å². The van der Waals surface area contributed by atoms with Gasteiger partial charge in [0.1, 0.15) is 0 Å². The van der Waals surface area contributed by atoms with E-state index in [1.807, 2.05) is 11.8 Å². The van der Waals surface area contributed by atoms with Crippen molar-refractivity contribution in [1.82, 2.24) is 5.32 Å². The van der Waals surface area contributed by atoms with Crippen molar-refractivity contribution in [2.75, 3.05) is 18.0 Å². The van der Waals surface area contributed by atoms with E-state index in [2.05, 4.69) is 58.7 Å². The molecule has 0 amide bonds. The van der Waals surface area contributed by atoms with Crippen molar-refractivity contribution in [2.45, 2.75) is 35.1 Å². The summed E-state index contributed by atoms with van der Waals surface area (Å²) in [6.07, 6.45) is 3.87. The monoisotopic (exact) mass is 332 g/mol. The Morgan fingerprint density at radius 1 is 1.00 bits per heavy atom. The first kappa shape index (κ1) is 15.7. The lowest BCUT2D eigenvalue weighted by molar-refractivity contribution is 0.562. The number of nitrogens with zero attached hydrogens (tertiary/aromatic N) is 1. The molecule has 0 aliphatic carbocycles. The van der Waals surface area contributed by atoms with Gasteiger partial charge in [0.25, 0.3) is 0 Å². The Morgan fingerprint density at radius 3 is 2.23 bits per heavy atom. The van der Waals surface area contributed by atoms with Gasteiger partial charge >= 0.3 is 0 Å². The maximum atomic E-state index is 3.61. The zero-order chi connectivity index (χ0) is 14.1. The van der Waals surface area contributed by atoms with Crippen molar-refractivity contribution in [1.29, 1.82) is 0 Å². The molecule has 2 aliphatic heterocycles. The molecule has 2 aromatic rings. The lowest BCUT2D eigenvalue weighted by atomic mass is 10.1. The number of rotatable bonds is 3. The summed E-state index contributed by atoms with van der Waals surface area (Å²) in [6, 6.07) is 18.2. The number of nitrogens with one attached hydrogen (secondary N) is 1. The van der Waals surface area contributed by atoms with Gasteiger partial charge < -0.3 is 10.2 Å². The van der Waals surface area contributed by atoms with Crippen LogP contribution in [0.15, 0.2) is 58.3 Å². The van der Waals surface area contributed by atoms with Crippen LogP contribution in [0.25, 0.3) is 0 Å². The average Bonchev–Trinajstić information content (AvgIpc) is 3.05. The lowest BCUT2D eigenvalue weighted by Crippen LogP contribution is -2.29. The van der Waals surface area contributed by atoms with Crippen LogP contribution >= 0.6 is 24.2 Å². The molecular formula is C18H21ClN2S. The van der Waals surface area contributed by atoms with Crippen LogP contribution in [-0.4, -0.2) is 19.1 Å². The minimum absolute atomic E-state index is 0. The van der Waals surface area contributed by atoms with E-state index in [4.69, 9.17) is 0 Å². The zero-order valence-corrected chi connectivity index (χ0v) is 14.1. The van der Waals surface area contributed by atoms with Crippen LogP contribution in [-0.2, 0) is 0 Å². The van der Waals surface area contributed by atoms with Gasteiger partial charge in [0, 0.05) is 22.4 Å². The van der Waals surface area contributed by atoms with E-state index in [0.717, 1.165) is 6.54 Å². The Kier molecular flexibility index (Phi) is 4.97. The number of benzene rings is 2. The number of fused-ring (bicyclic) bond motifs is 2. The molecule has 2 aliphatic rings. The van der Waals surface area contributed by atoms with E-state index in [0.29, 0.717) is 6.04 Å². The number of anilines is 2. The van der Waals surface area contributed by atoms with Crippen molar-refractivity contribution in [3.05, 3.63) is 48.5 Å². The van der Waals surface area contributed by atoms with E-state index in [1.165, 1.54) is 47.0 Å². The molecule has 1 atom stereocenters. The van der Waals surface area contributed by atoms with Gasteiger partial charge in [-0.1, -0.05) is 36.0 Å². The molecular weight excluding hydrogens is 312 g/mol. The van der Waals surface area contributed by atoms with Gasteiger partial charge in [0.2, 0.25) is 0 Å². The van der Waals surface area contributed by atoms with Crippen LogP contribution in [0.2, 0.25) is 0 Å². The Bertz CT molecular complexity index is 595. The predicted molar refractivity (Wildman–Crippen MR) is 96.9 cm³/mol. The first-order chi connectivity index (χ1) is 10.4. The molecule has 0 saturated carbocycles. The topological polar surface area (TPSA) is 15.3 Å². The van der Waals surface area contributed by atoms with E-state index < -0.39 is 0 Å². The molecule has 2 aromatic carbocycles. The van der Waals surface area contributed by atoms with E-state index in [9.17, 15) is 0 Å². The summed E-state index contributed by atoms with van der Waals surface area (Å²) < 4.78 is 0. The highest BCUT2D eigenvalue weighted by molar-refractivity contribution is 7.99. The van der Waals surface area contributed by atoms with Gasteiger partial charge in [-0.15, -0.1) is 12.4 Å². The second-order valence-corrected chi connectivity index (χ2v) is 6.85. The van der Waals surface area contributed by atoms with Gasteiger partial charge in [0.05, 0.1) is 11.4 Å². The van der Waals surface area contributed by atoms with Gasteiger partial charge in [-0.3, -0.25) is 0 Å². The number of hydrogen-bond donors (Lipinski definition) is 1. The van der Waals surface area contributed by atoms with Crippen LogP contribution in [0.3, 0.4) is 0 Å². The molecule has 4 rings (SSSR count). The maximum Gasteiger partial charge on any atom is 0.0552 e. The molecule has 1 N–H and O–H groups in total. The third-order valence-electron chi connectivity index (χ3n) is 4.40. The summed E-state index contributed by atoms with van der Waals surface area (Å²) in [5.74, 6) is 0. The van der Waals surface area contributed by atoms with Crippen LogP contribution in [0.5, 0.6) is 0 Å². The first-order valence-corrected chi connectivity index (χ1v) is 8.60.